The molecule has 2 fully saturated rings. The summed E-state index contributed by atoms with van der Waals surface area (Å²) in [4.78, 5) is 15.8. The number of morpholine rings is 1. The minimum absolute atomic E-state index is 0.00813. The number of rotatable bonds is 4. The van der Waals surface area contributed by atoms with E-state index in [4.69, 9.17) is 4.74 Å². The third-order valence-electron chi connectivity index (χ3n) is 6.35. The number of nitrogens with one attached hydrogen (secondary N) is 1. The van der Waals surface area contributed by atoms with Gasteiger partial charge < -0.3 is 15.0 Å². The van der Waals surface area contributed by atoms with Gasteiger partial charge in [0.15, 0.2) is 0 Å². The summed E-state index contributed by atoms with van der Waals surface area (Å²) >= 11 is 0. The van der Waals surface area contributed by atoms with Gasteiger partial charge in [0.1, 0.15) is 0 Å². The molecule has 0 unspecified atom stereocenters. The SMILES string of the molecule is C/C=C(/C)c1ccccc1[C@@H]1CNC[C@H]1C(=O)N1CCOC[C@@H]1c1ccccc1. The first-order valence-corrected chi connectivity index (χ1v) is 10.6. The van der Waals surface area contributed by atoms with Crippen molar-refractivity contribution in [2.45, 2.75) is 25.8 Å². The van der Waals surface area contributed by atoms with Crippen LogP contribution in [0.1, 0.15) is 42.5 Å². The third kappa shape index (κ3) is 4.00. The number of carbonyl (C=O) groups is 1. The van der Waals surface area contributed by atoms with E-state index in [0.717, 1.165) is 18.7 Å². The molecule has 1 amide bonds. The molecule has 2 aliphatic rings. The van der Waals surface area contributed by atoms with E-state index in [1.807, 2.05) is 18.2 Å². The Bertz CT molecular complexity index is 877. The average molecular weight is 391 g/mol. The van der Waals surface area contributed by atoms with Crippen LogP contribution in [0.15, 0.2) is 60.7 Å². The molecule has 0 aliphatic carbocycles. The van der Waals surface area contributed by atoms with Crippen LogP contribution < -0.4 is 5.32 Å². The van der Waals surface area contributed by atoms with Crippen LogP contribution in [0.4, 0.5) is 0 Å². The fourth-order valence-electron chi connectivity index (χ4n) is 4.63. The number of hydrogen-bond acceptors (Lipinski definition) is 3. The number of benzene rings is 2. The number of hydrogen-bond donors (Lipinski definition) is 1. The molecular formula is C25H30N2O2. The normalized spacial score (nSPS) is 25.2. The van der Waals surface area contributed by atoms with Crippen LogP contribution in [0.3, 0.4) is 0 Å². The first-order valence-electron chi connectivity index (χ1n) is 10.6. The summed E-state index contributed by atoms with van der Waals surface area (Å²) in [7, 11) is 0. The second kappa shape index (κ2) is 8.93. The van der Waals surface area contributed by atoms with Gasteiger partial charge in [-0.2, -0.15) is 0 Å². The van der Waals surface area contributed by atoms with Crippen LogP contribution in [-0.2, 0) is 9.53 Å². The highest BCUT2D eigenvalue weighted by molar-refractivity contribution is 5.82. The number of nitrogens with zero attached hydrogens (tertiary/aromatic N) is 1. The van der Waals surface area contributed by atoms with Crippen molar-refractivity contribution in [3.8, 4) is 0 Å². The molecule has 0 bridgehead atoms. The minimum Gasteiger partial charge on any atom is -0.377 e. The highest BCUT2D eigenvalue weighted by Gasteiger charge is 2.40. The van der Waals surface area contributed by atoms with E-state index < -0.39 is 0 Å². The Labute approximate surface area is 173 Å². The largest absolute Gasteiger partial charge is 0.377 e. The van der Waals surface area contributed by atoms with Crippen molar-refractivity contribution in [1.29, 1.82) is 0 Å². The summed E-state index contributed by atoms with van der Waals surface area (Å²) in [5.41, 5.74) is 4.93. The van der Waals surface area contributed by atoms with E-state index in [1.54, 1.807) is 0 Å². The summed E-state index contributed by atoms with van der Waals surface area (Å²) in [5.74, 6) is 0.378. The summed E-state index contributed by atoms with van der Waals surface area (Å²) in [5, 5.41) is 3.48. The predicted octanol–water partition coefficient (Wildman–Crippen LogP) is 4.01. The Morgan fingerprint density at radius 1 is 1.10 bits per heavy atom. The van der Waals surface area contributed by atoms with Crippen LogP contribution in [0, 0.1) is 5.92 Å². The number of carbonyl (C=O) groups excluding carboxylic acids is 1. The molecule has 2 aromatic rings. The summed E-state index contributed by atoms with van der Waals surface area (Å²) in [6.07, 6.45) is 2.14. The number of allylic oxidation sites excluding steroid dienone is 2. The predicted molar refractivity (Wildman–Crippen MR) is 117 cm³/mol. The second-order valence-corrected chi connectivity index (χ2v) is 7.96. The molecule has 2 heterocycles. The van der Waals surface area contributed by atoms with Crippen molar-refractivity contribution >= 4 is 11.5 Å². The Hall–Kier alpha value is -2.43. The quantitative estimate of drug-likeness (QED) is 0.858. The van der Waals surface area contributed by atoms with Crippen molar-refractivity contribution < 1.29 is 9.53 Å². The Balaban J connectivity index is 1.63. The van der Waals surface area contributed by atoms with E-state index >= 15 is 0 Å². The van der Waals surface area contributed by atoms with Crippen molar-refractivity contribution in [2.75, 3.05) is 32.8 Å². The molecule has 0 saturated carbocycles. The molecule has 0 spiro atoms. The fourth-order valence-corrected chi connectivity index (χ4v) is 4.63. The lowest BCUT2D eigenvalue weighted by molar-refractivity contribution is -0.144. The lowest BCUT2D eigenvalue weighted by atomic mass is 9.83. The van der Waals surface area contributed by atoms with Crippen molar-refractivity contribution in [2.24, 2.45) is 5.92 Å². The van der Waals surface area contributed by atoms with E-state index in [1.165, 1.54) is 16.7 Å². The van der Waals surface area contributed by atoms with Gasteiger partial charge in [0, 0.05) is 25.6 Å². The van der Waals surface area contributed by atoms with Gasteiger partial charge in [-0.25, -0.2) is 0 Å². The van der Waals surface area contributed by atoms with Crippen LogP contribution >= 0.6 is 0 Å². The summed E-state index contributed by atoms with van der Waals surface area (Å²) < 4.78 is 5.74. The van der Waals surface area contributed by atoms with E-state index in [-0.39, 0.29) is 23.8 Å². The maximum Gasteiger partial charge on any atom is 0.228 e. The van der Waals surface area contributed by atoms with Crippen molar-refractivity contribution in [1.82, 2.24) is 10.2 Å². The molecule has 29 heavy (non-hydrogen) atoms. The molecule has 2 aromatic carbocycles. The van der Waals surface area contributed by atoms with E-state index in [2.05, 4.69) is 66.5 Å². The zero-order valence-corrected chi connectivity index (χ0v) is 17.3. The van der Waals surface area contributed by atoms with Crippen LogP contribution in [0.2, 0.25) is 0 Å². The molecule has 0 radical (unpaired) electrons. The van der Waals surface area contributed by atoms with Crippen LogP contribution in [-0.4, -0.2) is 43.7 Å². The molecule has 4 nitrogen and oxygen atoms in total. The highest BCUT2D eigenvalue weighted by Crippen LogP contribution is 2.36. The highest BCUT2D eigenvalue weighted by atomic mass is 16.5. The van der Waals surface area contributed by atoms with Gasteiger partial charge in [0.25, 0.3) is 0 Å². The van der Waals surface area contributed by atoms with Gasteiger partial charge in [0.2, 0.25) is 5.91 Å². The van der Waals surface area contributed by atoms with Crippen molar-refractivity contribution in [3.63, 3.8) is 0 Å². The standard InChI is InChI=1S/C25H30N2O2/c1-3-18(2)20-11-7-8-12-21(20)22-15-26-16-23(22)25(28)27-13-14-29-17-24(27)19-9-5-4-6-10-19/h3-12,22-24,26H,13-17H2,1-2H3/b18-3-/t22-,23+,24+/m0/s1. The molecule has 0 aromatic heterocycles. The Kier molecular flexibility index (Phi) is 6.12. The van der Waals surface area contributed by atoms with E-state index in [0.29, 0.717) is 19.8 Å². The Morgan fingerprint density at radius 2 is 1.86 bits per heavy atom. The van der Waals surface area contributed by atoms with Gasteiger partial charge in [0.05, 0.1) is 25.2 Å². The summed E-state index contributed by atoms with van der Waals surface area (Å²) in [6.45, 7) is 7.60. The molecule has 3 atom stereocenters. The van der Waals surface area contributed by atoms with Crippen molar-refractivity contribution in [3.05, 3.63) is 77.4 Å². The molecule has 4 rings (SSSR count). The molecule has 2 saturated heterocycles. The van der Waals surface area contributed by atoms with Gasteiger partial charge in [-0.05, 0) is 36.1 Å². The molecular weight excluding hydrogens is 360 g/mol. The zero-order valence-electron chi connectivity index (χ0n) is 17.3. The van der Waals surface area contributed by atoms with Gasteiger partial charge in [-0.1, -0.05) is 60.7 Å². The topological polar surface area (TPSA) is 41.6 Å². The fraction of sp³-hybridized carbons (Fsp3) is 0.400. The molecule has 4 heteroatoms. The van der Waals surface area contributed by atoms with Gasteiger partial charge >= 0.3 is 0 Å². The van der Waals surface area contributed by atoms with E-state index in [9.17, 15) is 4.79 Å². The monoisotopic (exact) mass is 390 g/mol. The van der Waals surface area contributed by atoms with Gasteiger partial charge in [-0.3, -0.25) is 4.79 Å². The van der Waals surface area contributed by atoms with Crippen LogP contribution in [0.5, 0.6) is 0 Å². The van der Waals surface area contributed by atoms with Gasteiger partial charge in [-0.15, -0.1) is 0 Å². The number of amides is 1. The molecule has 152 valence electrons. The smallest absolute Gasteiger partial charge is 0.228 e. The lowest BCUT2D eigenvalue weighted by Crippen LogP contribution is -2.47. The van der Waals surface area contributed by atoms with Crippen LogP contribution in [0.25, 0.3) is 5.57 Å². The third-order valence-corrected chi connectivity index (χ3v) is 6.35. The Morgan fingerprint density at radius 3 is 2.66 bits per heavy atom. The molecule has 2 aliphatic heterocycles. The maximum absolute atomic E-state index is 13.7. The second-order valence-electron chi connectivity index (χ2n) is 7.96. The summed E-state index contributed by atoms with van der Waals surface area (Å²) in [6, 6.07) is 18.8. The number of ether oxygens (including phenoxy) is 1. The maximum atomic E-state index is 13.7. The first kappa shape index (κ1) is 19.9. The minimum atomic E-state index is -0.0508. The zero-order chi connectivity index (χ0) is 20.2. The molecule has 1 N–H and O–H groups in total. The first-order chi connectivity index (χ1) is 14.2. The average Bonchev–Trinajstić information content (AvgIpc) is 3.28. The lowest BCUT2D eigenvalue weighted by Gasteiger charge is -2.38.